The Morgan fingerprint density at radius 1 is 1.00 bits per heavy atom. The number of aromatic carboxylic acids is 1. The summed E-state index contributed by atoms with van der Waals surface area (Å²) in [4.78, 5) is 22.5. The van der Waals surface area contributed by atoms with E-state index < -0.39 is 11.7 Å². The number of carboxylic acid groups (broad SMARTS) is 1. The fraction of sp³-hybridized carbons (Fsp3) is 0. The Balaban J connectivity index is 0.00000200. The van der Waals surface area contributed by atoms with Gasteiger partial charge in [0, 0.05) is 86.7 Å². The first-order chi connectivity index (χ1) is 9.08. The first-order valence-corrected chi connectivity index (χ1v) is 5.48. The van der Waals surface area contributed by atoms with Crippen LogP contribution in [0.5, 0.6) is 5.75 Å². The van der Waals surface area contributed by atoms with Crippen molar-refractivity contribution in [3.8, 4) is 5.75 Å². The molecule has 0 aliphatic rings. The second kappa shape index (κ2) is 9.66. The molecule has 0 fully saturated rings. The van der Waals surface area contributed by atoms with Crippen LogP contribution in [0, 0.1) is 0 Å². The molecule has 2 N–H and O–H groups in total. The normalized spacial score (nSPS) is 8.95. The number of amides is 1. The number of nitrogens with one attached hydrogen (secondary N) is 1. The van der Waals surface area contributed by atoms with Crippen molar-refractivity contribution in [1.29, 1.82) is 0 Å². The van der Waals surface area contributed by atoms with Gasteiger partial charge in [-0.1, -0.05) is 23.9 Å². The standard InChI is InChI=1S/C14H11NO4.2Ca/c16-12-8-10(6-7-11(12)14(18)19)15-13(17)9-4-2-1-3-5-9;;/h1-8,16H,(H,15,17)(H,18,19);;/p-1. The molecule has 0 aliphatic heterocycles. The van der Waals surface area contributed by atoms with Crippen molar-refractivity contribution in [3.05, 3.63) is 59.7 Å². The zero-order valence-electron chi connectivity index (χ0n) is 11.2. The van der Waals surface area contributed by atoms with Crippen LogP contribution < -0.4 is 10.4 Å². The Kier molecular flexibility index (Phi) is 9.52. The van der Waals surface area contributed by atoms with E-state index in [1.54, 1.807) is 30.3 Å². The molecule has 0 unspecified atom stereocenters. The molecule has 0 heterocycles. The van der Waals surface area contributed by atoms with E-state index in [0.29, 0.717) is 5.56 Å². The number of hydrogen-bond donors (Lipinski definition) is 2. The van der Waals surface area contributed by atoms with Crippen molar-refractivity contribution in [1.82, 2.24) is 0 Å². The smallest absolute Gasteiger partial charge is 0.335 e. The Morgan fingerprint density at radius 2 is 1.62 bits per heavy atom. The third-order valence-corrected chi connectivity index (χ3v) is 2.51. The summed E-state index contributed by atoms with van der Waals surface area (Å²) >= 11 is 0. The third kappa shape index (κ3) is 5.77. The van der Waals surface area contributed by atoms with E-state index >= 15 is 0 Å². The van der Waals surface area contributed by atoms with Crippen LogP contribution in [0.25, 0.3) is 0 Å². The molecule has 21 heavy (non-hydrogen) atoms. The molecule has 0 aliphatic carbocycles. The summed E-state index contributed by atoms with van der Waals surface area (Å²) in [5, 5.41) is 22.7. The first-order valence-electron chi connectivity index (χ1n) is 5.48. The van der Waals surface area contributed by atoms with Crippen LogP contribution >= 0.6 is 0 Å². The van der Waals surface area contributed by atoms with Gasteiger partial charge < -0.3 is 15.5 Å². The van der Waals surface area contributed by atoms with Crippen molar-refractivity contribution in [2.24, 2.45) is 0 Å². The van der Waals surface area contributed by atoms with Crippen LogP contribution in [0.2, 0.25) is 0 Å². The molecule has 0 bridgehead atoms. The van der Waals surface area contributed by atoms with Gasteiger partial charge in [-0.2, -0.15) is 0 Å². The van der Waals surface area contributed by atoms with E-state index in [2.05, 4.69) is 5.32 Å². The number of carboxylic acids is 1. The number of carbonyl (C=O) groups is 2. The molecule has 5 nitrogen and oxygen atoms in total. The maximum atomic E-state index is 11.8. The summed E-state index contributed by atoms with van der Waals surface area (Å²) in [6.45, 7) is 0. The van der Waals surface area contributed by atoms with Gasteiger partial charge in [0.1, 0.15) is 0 Å². The minimum absolute atomic E-state index is 0. The second-order valence-electron chi connectivity index (χ2n) is 3.84. The minimum Gasteiger partial charge on any atom is -0.872 e. The van der Waals surface area contributed by atoms with Gasteiger partial charge >= 0.3 is 5.97 Å². The molecule has 2 rings (SSSR count). The Hall–Kier alpha value is -0.301. The van der Waals surface area contributed by atoms with E-state index in [0.717, 1.165) is 6.07 Å². The zero-order valence-corrected chi connectivity index (χ0v) is 15.6. The number of benzene rings is 2. The molecule has 0 aromatic heterocycles. The average molecular weight is 336 g/mol. The average Bonchev–Trinajstić information content (AvgIpc) is 2.39. The Bertz CT molecular complexity index is 632. The minimum atomic E-state index is -1.29. The van der Waals surface area contributed by atoms with E-state index in [-0.39, 0.29) is 92.6 Å². The van der Waals surface area contributed by atoms with Crippen molar-refractivity contribution in [2.75, 3.05) is 5.32 Å². The van der Waals surface area contributed by atoms with Gasteiger partial charge in [-0.25, -0.2) is 4.79 Å². The maximum absolute atomic E-state index is 11.8. The molecular formula is C14H10Ca2NO4-. The monoisotopic (exact) mass is 336 g/mol. The fourth-order valence-electron chi connectivity index (χ4n) is 1.57. The van der Waals surface area contributed by atoms with E-state index in [9.17, 15) is 14.7 Å². The second-order valence-corrected chi connectivity index (χ2v) is 3.84. The molecule has 100 valence electrons. The van der Waals surface area contributed by atoms with Gasteiger partial charge in [0.05, 0.1) is 5.56 Å². The molecule has 7 heteroatoms. The summed E-state index contributed by atoms with van der Waals surface area (Å²) in [6, 6.07) is 12.1. The topological polar surface area (TPSA) is 89.5 Å². The number of rotatable bonds is 3. The fourth-order valence-corrected chi connectivity index (χ4v) is 1.57. The molecule has 1 amide bonds. The summed E-state index contributed by atoms with van der Waals surface area (Å²) in [5.74, 6) is -2.28. The van der Waals surface area contributed by atoms with Crippen molar-refractivity contribution >= 4 is 93.0 Å². The van der Waals surface area contributed by atoms with Crippen LogP contribution in [0.1, 0.15) is 20.7 Å². The van der Waals surface area contributed by atoms with Crippen LogP contribution in [0.3, 0.4) is 0 Å². The van der Waals surface area contributed by atoms with Crippen LogP contribution in [-0.2, 0) is 0 Å². The summed E-state index contributed by atoms with van der Waals surface area (Å²) in [7, 11) is 0. The SMILES string of the molecule is O=C(Nc1ccc(C(=O)O)c([O-])c1)c1ccccc1.[Ca].[Ca]. The van der Waals surface area contributed by atoms with E-state index in [1.807, 2.05) is 0 Å². The Morgan fingerprint density at radius 3 is 2.14 bits per heavy atom. The van der Waals surface area contributed by atoms with Gasteiger partial charge in [0.2, 0.25) is 0 Å². The summed E-state index contributed by atoms with van der Waals surface area (Å²) in [6.07, 6.45) is 0. The first kappa shape index (κ1) is 20.7. The van der Waals surface area contributed by atoms with Crippen LogP contribution in [0.15, 0.2) is 48.5 Å². The third-order valence-electron chi connectivity index (χ3n) is 2.51. The van der Waals surface area contributed by atoms with E-state index in [1.165, 1.54) is 12.1 Å². The maximum Gasteiger partial charge on any atom is 0.335 e. The van der Waals surface area contributed by atoms with Crippen LogP contribution in [-0.4, -0.2) is 92.5 Å². The molecule has 2 aromatic rings. The van der Waals surface area contributed by atoms with Crippen LogP contribution in [0.4, 0.5) is 5.69 Å². The van der Waals surface area contributed by atoms with Crippen molar-refractivity contribution in [3.63, 3.8) is 0 Å². The van der Waals surface area contributed by atoms with Gasteiger partial charge in [-0.05, 0) is 30.3 Å². The molecule has 0 saturated heterocycles. The molecule has 4 radical (unpaired) electrons. The van der Waals surface area contributed by atoms with Gasteiger partial charge in [-0.3, -0.25) is 4.79 Å². The molecule has 0 spiro atoms. The number of hydrogen-bond acceptors (Lipinski definition) is 3. The number of carbonyl (C=O) groups excluding carboxylic acids is 1. The number of anilines is 1. The van der Waals surface area contributed by atoms with Gasteiger partial charge in [0.25, 0.3) is 5.91 Å². The largest absolute Gasteiger partial charge is 0.872 e. The molecular weight excluding hydrogens is 326 g/mol. The molecule has 2 aromatic carbocycles. The van der Waals surface area contributed by atoms with Gasteiger partial charge in [-0.15, -0.1) is 0 Å². The molecule has 0 saturated carbocycles. The predicted molar refractivity (Wildman–Crippen MR) is 78.8 cm³/mol. The summed E-state index contributed by atoms with van der Waals surface area (Å²) < 4.78 is 0. The van der Waals surface area contributed by atoms with Crippen molar-refractivity contribution in [2.45, 2.75) is 0 Å². The van der Waals surface area contributed by atoms with E-state index in [4.69, 9.17) is 5.11 Å². The predicted octanol–water partition coefficient (Wildman–Crippen LogP) is 0.949. The Labute approximate surface area is 181 Å². The zero-order chi connectivity index (χ0) is 13.8. The van der Waals surface area contributed by atoms with Gasteiger partial charge in [0.15, 0.2) is 0 Å². The quantitative estimate of drug-likeness (QED) is 0.817. The van der Waals surface area contributed by atoms with Crippen molar-refractivity contribution < 1.29 is 19.8 Å². The molecule has 0 atom stereocenters. The summed E-state index contributed by atoms with van der Waals surface area (Å²) in [5.41, 5.74) is 0.402.